The Balaban J connectivity index is 1.26. The predicted molar refractivity (Wildman–Crippen MR) is 231 cm³/mol. The number of aryl methyl sites for hydroxylation is 1. The van der Waals surface area contributed by atoms with Gasteiger partial charge in [-0.25, -0.2) is 14.6 Å². The molecular weight excluding hydrogens is 765 g/mol. The number of carbonyl (C=O) groups excluding carboxylic acids is 3. The maximum atomic E-state index is 14.4. The van der Waals surface area contributed by atoms with Crippen molar-refractivity contribution in [2.24, 2.45) is 11.8 Å². The second-order valence-corrected chi connectivity index (χ2v) is 16.8. The van der Waals surface area contributed by atoms with Crippen LogP contribution in [0.3, 0.4) is 0 Å². The second-order valence-electron chi connectivity index (χ2n) is 15.9. The number of nitrogens with zero attached hydrogens (tertiary/aromatic N) is 2. The van der Waals surface area contributed by atoms with Crippen molar-refractivity contribution in [3.63, 3.8) is 0 Å². The molecule has 0 radical (unpaired) electrons. The van der Waals surface area contributed by atoms with Gasteiger partial charge in [-0.2, -0.15) is 0 Å². The summed E-state index contributed by atoms with van der Waals surface area (Å²) in [5.74, 6) is -2.31. The van der Waals surface area contributed by atoms with Crippen LogP contribution in [0.15, 0.2) is 96.9 Å². The number of thiazole rings is 1. The van der Waals surface area contributed by atoms with Gasteiger partial charge in [-0.3, -0.25) is 9.59 Å². The van der Waals surface area contributed by atoms with Gasteiger partial charge in [0.15, 0.2) is 0 Å². The molecule has 0 bridgehead atoms. The summed E-state index contributed by atoms with van der Waals surface area (Å²) in [6.45, 7) is 13.6. The van der Waals surface area contributed by atoms with E-state index in [9.17, 15) is 24.3 Å². The molecule has 4 aromatic rings. The molecule has 5 rings (SSSR count). The number of ether oxygens (including phenoxy) is 2. The third kappa shape index (κ3) is 11.0. The van der Waals surface area contributed by atoms with Crippen LogP contribution in [0.2, 0.25) is 0 Å². The molecule has 314 valence electrons. The quantitative estimate of drug-likeness (QED) is 0.0707. The van der Waals surface area contributed by atoms with E-state index in [4.69, 9.17) is 9.47 Å². The van der Waals surface area contributed by atoms with E-state index in [2.05, 4.69) is 46.5 Å². The molecule has 0 saturated heterocycles. The number of hydrogen-bond acceptors (Lipinski definition) is 8. The molecule has 1 aliphatic carbocycles. The van der Waals surface area contributed by atoms with Gasteiger partial charge in [0, 0.05) is 30.8 Å². The van der Waals surface area contributed by atoms with Gasteiger partial charge in [0.1, 0.15) is 35.0 Å². The first-order chi connectivity index (χ1) is 28.3. The van der Waals surface area contributed by atoms with Crippen molar-refractivity contribution in [1.82, 2.24) is 20.5 Å². The number of benzene rings is 3. The number of aliphatic carboxylic acids is 1. The Morgan fingerprint density at radius 2 is 1.61 bits per heavy atom. The Hall–Kier alpha value is -5.33. The first kappa shape index (κ1) is 44.8. The molecule has 1 unspecified atom stereocenters. The van der Waals surface area contributed by atoms with Gasteiger partial charge >= 0.3 is 12.1 Å². The maximum absolute atomic E-state index is 14.4. The molecule has 1 aromatic heterocycles. The average molecular weight is 823 g/mol. The zero-order valence-electron chi connectivity index (χ0n) is 35.0. The molecule has 11 nitrogen and oxygen atoms in total. The Bertz CT molecular complexity index is 2020. The highest BCUT2D eigenvalue weighted by atomic mass is 32.1. The van der Waals surface area contributed by atoms with E-state index in [1.807, 2.05) is 82.3 Å². The molecule has 3 aromatic carbocycles. The van der Waals surface area contributed by atoms with Gasteiger partial charge in [0.05, 0.1) is 6.61 Å². The number of rotatable bonds is 21. The largest absolute Gasteiger partial charge is 0.480 e. The van der Waals surface area contributed by atoms with Gasteiger partial charge in [-0.15, -0.1) is 17.9 Å². The van der Waals surface area contributed by atoms with Crippen LogP contribution in [0.5, 0.6) is 0 Å². The third-order valence-corrected chi connectivity index (χ3v) is 12.4. The smallest absolute Gasteiger partial charge is 0.407 e. The monoisotopic (exact) mass is 822 g/mol. The molecule has 1 aliphatic rings. The molecule has 1 heterocycles. The standard InChI is InChI=1S/C47H58N4O7S/c1-8-26-57-40(43-48-38(29-59-43)42(52)50-47(6,45(54)55)25-17-20-32-18-11-10-12-19-32)27-39(30(3)4)51(7)44(53)41(31(5)9-2)49-46(56)58-28-37-35-23-15-13-21-33(35)34-22-14-16-24-36(34)37/h8,10-16,18-19,21-24,29-31,37,39-41H,1,9,17,20,25-28H2,2-7H3,(H,49,56)(H,50,52)(H,54,55)/t31-,39+,40+,41-,47?/m0/s1. The lowest BCUT2D eigenvalue weighted by molar-refractivity contribution is -0.144. The highest BCUT2D eigenvalue weighted by Crippen LogP contribution is 2.44. The number of amides is 3. The first-order valence-electron chi connectivity index (χ1n) is 20.4. The van der Waals surface area contributed by atoms with Crippen LogP contribution in [0.25, 0.3) is 11.1 Å². The van der Waals surface area contributed by atoms with Crippen LogP contribution in [0.1, 0.15) is 105 Å². The lowest BCUT2D eigenvalue weighted by Crippen LogP contribution is -2.54. The minimum atomic E-state index is -1.50. The van der Waals surface area contributed by atoms with Crippen molar-refractivity contribution < 1.29 is 33.8 Å². The summed E-state index contributed by atoms with van der Waals surface area (Å²) in [6, 6.07) is 24.9. The molecular formula is C47H58N4O7S. The molecule has 3 N–H and O–H groups in total. The molecule has 0 saturated carbocycles. The number of likely N-dealkylation sites (N-methyl/N-ethyl adjacent to an activating group) is 1. The van der Waals surface area contributed by atoms with E-state index in [1.54, 1.807) is 23.4 Å². The van der Waals surface area contributed by atoms with Crippen LogP contribution >= 0.6 is 11.3 Å². The minimum Gasteiger partial charge on any atom is -0.480 e. The van der Waals surface area contributed by atoms with Crippen molar-refractivity contribution in [2.75, 3.05) is 20.3 Å². The Labute approximate surface area is 352 Å². The van der Waals surface area contributed by atoms with E-state index in [1.165, 1.54) is 18.3 Å². The Kier molecular flexibility index (Phi) is 15.6. The van der Waals surface area contributed by atoms with Gasteiger partial charge in [-0.05, 0) is 65.8 Å². The Morgan fingerprint density at radius 3 is 2.20 bits per heavy atom. The SMILES string of the molecule is C=CCO[C@H](C[C@H](C(C)C)N(C)C(=O)[C@@H](NC(=O)OCC1c2ccccc2-c2ccccc21)[C@@H](C)CC)c1nc(C(=O)NC(C)(CCCc2ccccc2)C(=O)O)cs1. The summed E-state index contributed by atoms with van der Waals surface area (Å²) in [5.41, 5.74) is 4.14. The molecule has 59 heavy (non-hydrogen) atoms. The number of alkyl carbamates (subject to hydrolysis) is 1. The zero-order chi connectivity index (χ0) is 42.7. The maximum Gasteiger partial charge on any atom is 0.407 e. The number of fused-ring (bicyclic) bond motifs is 3. The van der Waals surface area contributed by atoms with Gasteiger partial charge < -0.3 is 30.1 Å². The lowest BCUT2D eigenvalue weighted by Gasteiger charge is -2.37. The van der Waals surface area contributed by atoms with Gasteiger partial charge in [0.2, 0.25) is 5.91 Å². The third-order valence-electron chi connectivity index (χ3n) is 11.5. The predicted octanol–water partition coefficient (Wildman–Crippen LogP) is 8.81. The van der Waals surface area contributed by atoms with Gasteiger partial charge in [0.25, 0.3) is 5.91 Å². The minimum absolute atomic E-state index is 0.0271. The van der Waals surface area contributed by atoms with Crippen LogP contribution in [-0.4, -0.2) is 76.8 Å². The fraction of sp³-hybridized carbons (Fsp3) is 0.426. The number of carboxylic acids is 1. The van der Waals surface area contributed by atoms with Crippen molar-refractivity contribution >= 4 is 35.2 Å². The van der Waals surface area contributed by atoms with E-state index in [0.717, 1.165) is 27.8 Å². The van der Waals surface area contributed by atoms with Crippen molar-refractivity contribution in [1.29, 1.82) is 0 Å². The number of carboxylic acid groups (broad SMARTS) is 1. The Morgan fingerprint density at radius 1 is 0.983 bits per heavy atom. The van der Waals surface area contributed by atoms with Crippen LogP contribution in [-0.2, 0) is 25.5 Å². The summed E-state index contributed by atoms with van der Waals surface area (Å²) in [5, 5.41) is 17.8. The van der Waals surface area contributed by atoms with E-state index >= 15 is 0 Å². The van der Waals surface area contributed by atoms with Crippen LogP contribution in [0.4, 0.5) is 4.79 Å². The molecule has 5 atom stereocenters. The topological polar surface area (TPSA) is 147 Å². The molecule has 3 amide bonds. The second kappa shape index (κ2) is 20.6. The van der Waals surface area contributed by atoms with Crippen molar-refractivity contribution in [3.05, 3.63) is 124 Å². The fourth-order valence-corrected chi connectivity index (χ4v) is 8.58. The number of aromatic nitrogens is 1. The number of nitrogens with one attached hydrogen (secondary N) is 2. The van der Waals surface area contributed by atoms with Gasteiger partial charge in [-0.1, -0.05) is 119 Å². The molecule has 0 spiro atoms. The number of hydrogen-bond donors (Lipinski definition) is 3. The van der Waals surface area contributed by atoms with E-state index < -0.39 is 35.7 Å². The summed E-state index contributed by atoms with van der Waals surface area (Å²) < 4.78 is 12.1. The summed E-state index contributed by atoms with van der Waals surface area (Å²) in [4.78, 5) is 60.0. The lowest BCUT2D eigenvalue weighted by atomic mass is 9.93. The zero-order valence-corrected chi connectivity index (χ0v) is 35.8. The van der Waals surface area contributed by atoms with E-state index in [0.29, 0.717) is 30.7 Å². The van der Waals surface area contributed by atoms with Crippen LogP contribution in [0, 0.1) is 11.8 Å². The number of carbonyl (C=O) groups is 4. The summed E-state index contributed by atoms with van der Waals surface area (Å²) in [7, 11) is 1.73. The molecule has 12 heteroatoms. The van der Waals surface area contributed by atoms with Crippen molar-refractivity contribution in [3.8, 4) is 11.1 Å². The molecule has 0 aliphatic heterocycles. The fourth-order valence-electron chi connectivity index (χ4n) is 7.72. The first-order valence-corrected chi connectivity index (χ1v) is 21.3. The summed E-state index contributed by atoms with van der Waals surface area (Å²) in [6.07, 6.45) is 2.81. The van der Waals surface area contributed by atoms with E-state index in [-0.39, 0.29) is 55.0 Å². The highest BCUT2D eigenvalue weighted by Gasteiger charge is 2.38. The normalized spacial score (nSPS) is 15.2. The highest BCUT2D eigenvalue weighted by molar-refractivity contribution is 7.09. The molecule has 0 fully saturated rings. The van der Waals surface area contributed by atoms with Crippen LogP contribution < -0.4 is 10.6 Å². The average Bonchev–Trinajstić information content (AvgIpc) is 3.85. The van der Waals surface area contributed by atoms with Crippen molar-refractivity contribution in [2.45, 2.75) is 96.4 Å². The summed E-state index contributed by atoms with van der Waals surface area (Å²) >= 11 is 1.23.